The molecule has 40 heavy (non-hydrogen) atoms. The summed E-state index contributed by atoms with van der Waals surface area (Å²) in [6, 6.07) is 15.8. The third kappa shape index (κ3) is 4.30. The van der Waals surface area contributed by atoms with Crippen molar-refractivity contribution in [1.82, 2.24) is 0 Å². The third-order valence-electron chi connectivity index (χ3n) is 10.3. The van der Waals surface area contributed by atoms with Crippen LogP contribution in [-0.2, 0) is 4.79 Å². The molecule has 0 bridgehead atoms. The number of carbonyl (C=O) groups is 2. The molecule has 2 saturated carbocycles. The minimum absolute atomic E-state index is 0.177. The highest BCUT2D eigenvalue weighted by atomic mass is 16.3. The normalized spacial score (nSPS) is 30.9. The van der Waals surface area contributed by atoms with Crippen molar-refractivity contribution < 1.29 is 14.7 Å². The van der Waals surface area contributed by atoms with Gasteiger partial charge in [0, 0.05) is 48.7 Å². The van der Waals surface area contributed by atoms with Crippen LogP contribution in [0.5, 0.6) is 0 Å². The molecule has 206 valence electrons. The molecule has 5 nitrogen and oxygen atoms in total. The molecule has 2 aromatic rings. The van der Waals surface area contributed by atoms with Crippen LogP contribution in [0.25, 0.3) is 0 Å². The smallest absolute Gasteiger partial charge is 0.248 e. The number of anilines is 1. The fourth-order valence-electron chi connectivity index (χ4n) is 8.07. The van der Waals surface area contributed by atoms with Crippen LogP contribution in [-0.4, -0.2) is 36.5 Å². The Kier molecular flexibility index (Phi) is 6.50. The summed E-state index contributed by atoms with van der Waals surface area (Å²) in [5.41, 5.74) is 11.7. The van der Waals surface area contributed by atoms with Gasteiger partial charge in [-0.25, -0.2) is 0 Å². The minimum Gasteiger partial charge on any atom is -0.378 e. The Morgan fingerprint density at radius 2 is 1.75 bits per heavy atom. The van der Waals surface area contributed by atoms with Crippen LogP contribution in [0.2, 0.25) is 0 Å². The van der Waals surface area contributed by atoms with Crippen molar-refractivity contribution in [1.29, 1.82) is 0 Å². The molecule has 1 amide bonds. The van der Waals surface area contributed by atoms with Gasteiger partial charge in [-0.05, 0) is 110 Å². The monoisotopic (exact) mass is 534 g/mol. The van der Waals surface area contributed by atoms with Crippen LogP contribution in [0, 0.1) is 29.1 Å². The molecular weight excluding hydrogens is 496 g/mol. The average Bonchev–Trinajstić information content (AvgIpc) is 3.21. The molecule has 4 aliphatic rings. The number of rotatable bonds is 3. The molecule has 6 rings (SSSR count). The summed E-state index contributed by atoms with van der Waals surface area (Å²) in [4.78, 5) is 25.9. The van der Waals surface area contributed by atoms with Crippen molar-refractivity contribution in [3.05, 3.63) is 88.0 Å². The van der Waals surface area contributed by atoms with E-state index in [2.05, 4.69) is 62.0 Å². The summed E-state index contributed by atoms with van der Waals surface area (Å²) in [6.45, 7) is 2.26. The van der Waals surface area contributed by atoms with E-state index in [9.17, 15) is 14.7 Å². The highest BCUT2D eigenvalue weighted by molar-refractivity contribution is 5.93. The Bertz CT molecular complexity index is 1490. The second-order valence-electron chi connectivity index (χ2n) is 12.6. The summed E-state index contributed by atoms with van der Waals surface area (Å²) < 4.78 is 0. The number of fused-ring (bicyclic) bond motifs is 4. The molecule has 2 fully saturated rings. The number of ketones is 1. The van der Waals surface area contributed by atoms with Gasteiger partial charge in [-0.3, -0.25) is 9.59 Å². The van der Waals surface area contributed by atoms with E-state index >= 15 is 0 Å². The average molecular weight is 535 g/mol. The van der Waals surface area contributed by atoms with Gasteiger partial charge in [0.25, 0.3) is 0 Å². The highest BCUT2D eigenvalue weighted by Crippen LogP contribution is 2.66. The van der Waals surface area contributed by atoms with Crippen LogP contribution in [0.3, 0.4) is 0 Å². The van der Waals surface area contributed by atoms with Gasteiger partial charge in [0.1, 0.15) is 5.60 Å². The first-order valence-corrected chi connectivity index (χ1v) is 14.5. The number of allylic oxidation sites excluding steroid dienone is 4. The molecule has 0 aromatic heterocycles. The second kappa shape index (κ2) is 9.78. The van der Waals surface area contributed by atoms with Crippen LogP contribution in [0.4, 0.5) is 5.69 Å². The van der Waals surface area contributed by atoms with Gasteiger partial charge in [-0.2, -0.15) is 0 Å². The maximum atomic E-state index is 12.3. The fourth-order valence-corrected chi connectivity index (χ4v) is 8.07. The zero-order valence-electron chi connectivity index (χ0n) is 23.7. The van der Waals surface area contributed by atoms with Crippen LogP contribution in [0.1, 0.15) is 79.3 Å². The van der Waals surface area contributed by atoms with Crippen molar-refractivity contribution in [2.45, 2.75) is 63.4 Å². The summed E-state index contributed by atoms with van der Waals surface area (Å²) >= 11 is 0. The highest BCUT2D eigenvalue weighted by Gasteiger charge is 2.62. The molecule has 0 spiro atoms. The van der Waals surface area contributed by atoms with Crippen molar-refractivity contribution in [2.24, 2.45) is 23.0 Å². The Hall–Kier alpha value is -3.62. The first kappa shape index (κ1) is 26.6. The standard InChI is InChI=1S/C35H38N2O3/c1-34-21-30(23-8-11-26(12-9-23)37(2)3)32-28-15-13-27(38)20-25(28)10-14-29(32)31(34)17-19-35(34,40)18-16-22-4-6-24(7-5-22)33(36)39/h4-9,11-12,20,29-31,40H,10,13-15,17,19,21H2,1-3H3,(H2,36,39)/t29?,30-,31?,34+,35+/m1/s1. The van der Waals surface area contributed by atoms with Gasteiger partial charge >= 0.3 is 0 Å². The summed E-state index contributed by atoms with van der Waals surface area (Å²) in [7, 11) is 4.11. The molecule has 0 saturated heterocycles. The lowest BCUT2D eigenvalue weighted by molar-refractivity contribution is -0.114. The Morgan fingerprint density at radius 1 is 1.02 bits per heavy atom. The van der Waals surface area contributed by atoms with Gasteiger partial charge in [0.05, 0.1) is 0 Å². The van der Waals surface area contributed by atoms with E-state index < -0.39 is 11.5 Å². The van der Waals surface area contributed by atoms with Gasteiger partial charge in [0.2, 0.25) is 5.91 Å². The van der Waals surface area contributed by atoms with E-state index in [0.717, 1.165) is 43.4 Å². The van der Waals surface area contributed by atoms with E-state index in [4.69, 9.17) is 5.73 Å². The number of nitrogens with zero attached hydrogens (tertiary/aromatic N) is 1. The number of amides is 1. The number of carbonyl (C=O) groups excluding carboxylic acids is 2. The fraction of sp³-hybridized carbons (Fsp3) is 0.429. The Balaban J connectivity index is 1.42. The van der Waals surface area contributed by atoms with Crippen molar-refractivity contribution in [3.63, 3.8) is 0 Å². The molecule has 5 atom stereocenters. The van der Waals surface area contributed by atoms with Gasteiger partial charge < -0.3 is 15.7 Å². The summed E-state index contributed by atoms with van der Waals surface area (Å²) in [6.07, 6.45) is 7.68. The van der Waals surface area contributed by atoms with Gasteiger partial charge in [-0.15, -0.1) is 0 Å². The molecule has 2 unspecified atom stereocenters. The first-order chi connectivity index (χ1) is 19.1. The lowest BCUT2D eigenvalue weighted by Gasteiger charge is -2.53. The van der Waals surface area contributed by atoms with Crippen molar-refractivity contribution >= 4 is 17.4 Å². The molecule has 0 heterocycles. The lowest BCUT2D eigenvalue weighted by atomic mass is 9.51. The van der Waals surface area contributed by atoms with E-state index in [1.165, 1.54) is 22.3 Å². The first-order valence-electron chi connectivity index (χ1n) is 14.5. The predicted octanol–water partition coefficient (Wildman–Crippen LogP) is 5.53. The molecular formula is C35H38N2O3. The number of hydrogen-bond donors (Lipinski definition) is 2. The van der Waals surface area contributed by atoms with Crippen LogP contribution < -0.4 is 10.6 Å². The third-order valence-corrected chi connectivity index (χ3v) is 10.3. The van der Waals surface area contributed by atoms with Gasteiger partial charge in [-0.1, -0.05) is 36.5 Å². The quantitative estimate of drug-likeness (QED) is 0.507. The molecule has 3 N–H and O–H groups in total. The maximum absolute atomic E-state index is 12.3. The second-order valence-corrected chi connectivity index (χ2v) is 12.6. The zero-order valence-corrected chi connectivity index (χ0v) is 23.7. The van der Waals surface area contributed by atoms with Crippen LogP contribution >= 0.6 is 0 Å². The molecule has 0 radical (unpaired) electrons. The van der Waals surface area contributed by atoms with Crippen molar-refractivity contribution in [3.8, 4) is 11.8 Å². The lowest BCUT2D eigenvalue weighted by Crippen LogP contribution is -2.51. The minimum atomic E-state index is -1.11. The largest absolute Gasteiger partial charge is 0.378 e. The van der Waals surface area contributed by atoms with E-state index in [0.29, 0.717) is 30.2 Å². The molecule has 2 aromatic carbocycles. The molecule has 4 aliphatic carbocycles. The van der Waals surface area contributed by atoms with Gasteiger partial charge in [0.15, 0.2) is 5.78 Å². The van der Waals surface area contributed by atoms with E-state index in [1.54, 1.807) is 24.3 Å². The number of nitrogens with two attached hydrogens (primary N) is 1. The Labute approximate surface area is 237 Å². The SMILES string of the molecule is CN(C)c1ccc([C@H]2C[C@@]3(C)C(CC[C@@]3(O)C#Cc3ccc(C(N)=O)cc3)C3CCC4=CC(=O)CCC4=C32)cc1. The Morgan fingerprint density at radius 3 is 2.42 bits per heavy atom. The number of hydrogen-bond acceptors (Lipinski definition) is 4. The molecule has 0 aliphatic heterocycles. The van der Waals surface area contributed by atoms with Crippen LogP contribution in [0.15, 0.2) is 71.3 Å². The predicted molar refractivity (Wildman–Crippen MR) is 158 cm³/mol. The summed E-state index contributed by atoms with van der Waals surface area (Å²) in [5, 5.41) is 12.3. The number of aliphatic hydroxyl groups is 1. The molecule has 5 heteroatoms. The number of primary amides is 1. The number of benzene rings is 2. The maximum Gasteiger partial charge on any atom is 0.248 e. The van der Waals surface area contributed by atoms with Crippen molar-refractivity contribution in [2.75, 3.05) is 19.0 Å². The topological polar surface area (TPSA) is 83.6 Å². The van der Waals surface area contributed by atoms with E-state index in [-0.39, 0.29) is 17.1 Å². The summed E-state index contributed by atoms with van der Waals surface area (Å²) in [5.74, 6) is 7.24. The van der Waals surface area contributed by atoms with E-state index in [1.807, 2.05) is 6.08 Å². The zero-order chi connectivity index (χ0) is 28.2.